The van der Waals surface area contributed by atoms with Gasteiger partial charge in [0, 0.05) is 32.1 Å². The molecule has 1 aromatic heterocycles. The lowest BCUT2D eigenvalue weighted by molar-refractivity contribution is 0.105. The molecule has 0 amide bonds. The molecule has 114 valence electrons. The number of hydrogen-bond donors (Lipinski definition) is 0. The first-order valence-corrected chi connectivity index (χ1v) is 7.79. The fraction of sp³-hybridized carbons (Fsp3) is 0.188. The zero-order chi connectivity index (χ0) is 16.1. The Morgan fingerprint density at radius 3 is 2.50 bits per heavy atom. The highest BCUT2D eigenvalue weighted by Crippen LogP contribution is 2.20. The predicted octanol–water partition coefficient (Wildman–Crippen LogP) is 3.12. The van der Waals surface area contributed by atoms with E-state index in [2.05, 4.69) is 9.97 Å². The molecular formula is C16H16FN3OS. The van der Waals surface area contributed by atoms with Crippen LogP contribution in [-0.2, 0) is 0 Å². The van der Waals surface area contributed by atoms with Crippen LogP contribution in [0.25, 0.3) is 5.57 Å². The average Bonchev–Trinajstić information content (AvgIpc) is 2.52. The molecule has 0 radical (unpaired) electrons. The van der Waals surface area contributed by atoms with Crippen LogP contribution in [0.15, 0.2) is 47.9 Å². The summed E-state index contributed by atoms with van der Waals surface area (Å²) in [6.45, 7) is 0. The lowest BCUT2D eigenvalue weighted by Crippen LogP contribution is -2.11. The number of allylic oxidation sites excluding steroid dienone is 1. The summed E-state index contributed by atoms with van der Waals surface area (Å²) in [5.41, 5.74) is 1.40. The monoisotopic (exact) mass is 317 g/mol. The second-order valence-corrected chi connectivity index (χ2v) is 5.54. The van der Waals surface area contributed by atoms with Crippen molar-refractivity contribution in [3.05, 3.63) is 59.8 Å². The third-order valence-corrected chi connectivity index (χ3v) is 3.39. The third-order valence-electron chi connectivity index (χ3n) is 2.83. The fourth-order valence-electron chi connectivity index (χ4n) is 1.85. The molecule has 0 atom stereocenters. The number of carbonyl (C=O) groups is 1. The molecule has 0 aliphatic rings. The van der Waals surface area contributed by atoms with E-state index in [9.17, 15) is 9.18 Å². The van der Waals surface area contributed by atoms with E-state index in [1.165, 1.54) is 36.0 Å². The molecule has 2 rings (SSSR count). The van der Waals surface area contributed by atoms with E-state index in [0.717, 1.165) is 0 Å². The van der Waals surface area contributed by atoms with E-state index in [-0.39, 0.29) is 11.6 Å². The van der Waals surface area contributed by atoms with Crippen LogP contribution in [0.5, 0.6) is 0 Å². The predicted molar refractivity (Wildman–Crippen MR) is 86.2 cm³/mol. The number of ketones is 1. The Hall–Kier alpha value is -2.21. The molecule has 0 N–H and O–H groups in total. The Balaban J connectivity index is 2.46. The van der Waals surface area contributed by atoms with Crippen molar-refractivity contribution in [2.75, 3.05) is 20.4 Å². The summed E-state index contributed by atoms with van der Waals surface area (Å²) < 4.78 is 13.0. The number of benzene rings is 1. The Bertz CT molecular complexity index is 699. The van der Waals surface area contributed by atoms with Gasteiger partial charge in [-0.3, -0.25) is 4.79 Å². The molecule has 0 fully saturated rings. The Labute approximate surface area is 133 Å². The van der Waals surface area contributed by atoms with Gasteiger partial charge in [-0.05, 0) is 36.6 Å². The number of nitrogens with zero attached hydrogens (tertiary/aromatic N) is 3. The van der Waals surface area contributed by atoms with Gasteiger partial charge in [0.15, 0.2) is 10.9 Å². The molecule has 0 bridgehead atoms. The highest BCUT2D eigenvalue weighted by atomic mass is 32.2. The number of carbonyl (C=O) groups excluding carboxylic acids is 1. The second kappa shape index (κ2) is 7.17. The number of hydrogen-bond acceptors (Lipinski definition) is 5. The van der Waals surface area contributed by atoms with E-state index in [0.29, 0.717) is 22.0 Å². The number of thioether (sulfide) groups is 1. The topological polar surface area (TPSA) is 46.1 Å². The van der Waals surface area contributed by atoms with Gasteiger partial charge in [-0.25, -0.2) is 14.4 Å². The van der Waals surface area contributed by atoms with Crippen LogP contribution in [0, 0.1) is 5.82 Å². The summed E-state index contributed by atoms with van der Waals surface area (Å²) in [5.74, 6) is -0.583. The molecule has 0 saturated carbocycles. The molecule has 0 saturated heterocycles. The Morgan fingerprint density at radius 2 is 1.91 bits per heavy atom. The van der Waals surface area contributed by atoms with Gasteiger partial charge < -0.3 is 4.90 Å². The molecule has 0 aliphatic heterocycles. The maximum absolute atomic E-state index is 13.0. The largest absolute Gasteiger partial charge is 0.383 e. The van der Waals surface area contributed by atoms with Crippen LogP contribution in [0.1, 0.15) is 16.1 Å². The molecule has 1 aromatic carbocycles. The maximum Gasteiger partial charge on any atom is 0.196 e. The Morgan fingerprint density at radius 1 is 1.23 bits per heavy atom. The summed E-state index contributed by atoms with van der Waals surface area (Å²) in [5, 5.41) is 0.592. The van der Waals surface area contributed by atoms with E-state index in [1.54, 1.807) is 23.4 Å². The van der Waals surface area contributed by atoms with E-state index in [1.807, 2.05) is 20.4 Å². The van der Waals surface area contributed by atoms with Gasteiger partial charge in [-0.1, -0.05) is 11.8 Å². The van der Waals surface area contributed by atoms with Crippen molar-refractivity contribution >= 4 is 23.1 Å². The summed E-state index contributed by atoms with van der Waals surface area (Å²) in [6, 6.07) is 7.17. The van der Waals surface area contributed by atoms with Crippen molar-refractivity contribution in [2.45, 2.75) is 5.16 Å². The van der Waals surface area contributed by atoms with Crippen LogP contribution >= 0.6 is 11.8 Å². The standard InChI is InChI=1S/C16H16FN3OS/c1-20(2)10-13(14-8-9-18-16(19-14)22-3)15(21)11-4-6-12(17)7-5-11/h4-10H,1-3H3/b13-10+. The van der Waals surface area contributed by atoms with Crippen LogP contribution in [0.2, 0.25) is 0 Å². The zero-order valence-corrected chi connectivity index (χ0v) is 13.4. The summed E-state index contributed by atoms with van der Waals surface area (Å²) in [6.07, 6.45) is 5.20. The van der Waals surface area contributed by atoms with Crippen molar-refractivity contribution in [1.29, 1.82) is 0 Å². The van der Waals surface area contributed by atoms with E-state index in [4.69, 9.17) is 0 Å². The van der Waals surface area contributed by atoms with Crippen LogP contribution in [-0.4, -0.2) is 41.0 Å². The Kier molecular flexibility index (Phi) is 5.27. The number of rotatable bonds is 5. The SMILES string of the molecule is CSc1nccc(/C(=C\N(C)C)C(=O)c2ccc(F)cc2)n1. The first kappa shape index (κ1) is 16.2. The van der Waals surface area contributed by atoms with Crippen LogP contribution < -0.4 is 0 Å². The van der Waals surface area contributed by atoms with Crippen molar-refractivity contribution in [3.63, 3.8) is 0 Å². The molecule has 22 heavy (non-hydrogen) atoms. The first-order chi connectivity index (χ1) is 10.5. The second-order valence-electron chi connectivity index (χ2n) is 4.77. The summed E-state index contributed by atoms with van der Waals surface area (Å²) >= 11 is 1.40. The first-order valence-electron chi connectivity index (χ1n) is 6.57. The minimum absolute atomic E-state index is 0.209. The number of aromatic nitrogens is 2. The number of halogens is 1. The molecular weight excluding hydrogens is 301 g/mol. The maximum atomic E-state index is 13.0. The highest BCUT2D eigenvalue weighted by Gasteiger charge is 2.17. The molecule has 4 nitrogen and oxygen atoms in total. The van der Waals surface area contributed by atoms with Crippen LogP contribution in [0.4, 0.5) is 4.39 Å². The molecule has 0 unspecified atom stereocenters. The van der Waals surface area contributed by atoms with Gasteiger partial charge in [0.1, 0.15) is 5.82 Å². The van der Waals surface area contributed by atoms with E-state index >= 15 is 0 Å². The molecule has 2 aromatic rings. The van der Waals surface area contributed by atoms with Crippen molar-refractivity contribution in [1.82, 2.24) is 14.9 Å². The lowest BCUT2D eigenvalue weighted by atomic mass is 10.0. The van der Waals surface area contributed by atoms with Gasteiger partial charge in [-0.2, -0.15) is 0 Å². The van der Waals surface area contributed by atoms with Gasteiger partial charge in [0.05, 0.1) is 11.3 Å². The highest BCUT2D eigenvalue weighted by molar-refractivity contribution is 7.98. The average molecular weight is 317 g/mol. The quantitative estimate of drug-likeness (QED) is 0.367. The van der Waals surface area contributed by atoms with Crippen molar-refractivity contribution < 1.29 is 9.18 Å². The normalized spacial score (nSPS) is 11.4. The molecule has 6 heteroatoms. The number of Topliss-reactive ketones (excluding diaryl/α,β-unsaturated/α-hetero) is 1. The van der Waals surface area contributed by atoms with Gasteiger partial charge in [0.2, 0.25) is 0 Å². The fourth-order valence-corrected chi connectivity index (χ4v) is 2.20. The summed E-state index contributed by atoms with van der Waals surface area (Å²) in [7, 11) is 3.66. The van der Waals surface area contributed by atoms with Crippen molar-refractivity contribution in [3.8, 4) is 0 Å². The minimum atomic E-state index is -0.374. The minimum Gasteiger partial charge on any atom is -0.383 e. The van der Waals surface area contributed by atoms with Gasteiger partial charge in [0.25, 0.3) is 0 Å². The summed E-state index contributed by atoms with van der Waals surface area (Å²) in [4.78, 5) is 23.0. The van der Waals surface area contributed by atoms with Gasteiger partial charge >= 0.3 is 0 Å². The van der Waals surface area contributed by atoms with Crippen molar-refractivity contribution in [2.24, 2.45) is 0 Å². The van der Waals surface area contributed by atoms with E-state index < -0.39 is 0 Å². The van der Waals surface area contributed by atoms with Crippen LogP contribution in [0.3, 0.4) is 0 Å². The lowest BCUT2D eigenvalue weighted by Gasteiger charge is -2.11. The van der Waals surface area contributed by atoms with Gasteiger partial charge in [-0.15, -0.1) is 0 Å². The third kappa shape index (κ3) is 3.92. The zero-order valence-electron chi connectivity index (χ0n) is 12.6. The molecule has 0 spiro atoms. The molecule has 0 aliphatic carbocycles. The molecule has 1 heterocycles. The smallest absolute Gasteiger partial charge is 0.196 e.